The standard InChI is InChI=1S/C13H22O2/c1-9(14)15-11-7-12(2,3)8-13(4)6-5-10(11)13/h10-11H,5-8H2,1-4H3. The summed E-state index contributed by atoms with van der Waals surface area (Å²) in [7, 11) is 0. The third-order valence-corrected chi connectivity index (χ3v) is 4.32. The molecular formula is C13H22O2. The second-order valence-corrected chi connectivity index (χ2v) is 6.49. The number of hydrogen-bond donors (Lipinski definition) is 0. The van der Waals surface area contributed by atoms with Gasteiger partial charge in [-0.1, -0.05) is 20.8 Å². The molecule has 2 heteroatoms. The lowest BCUT2D eigenvalue weighted by molar-refractivity contribution is -0.175. The van der Waals surface area contributed by atoms with Gasteiger partial charge in [-0.15, -0.1) is 0 Å². The van der Waals surface area contributed by atoms with Gasteiger partial charge in [0.1, 0.15) is 6.10 Å². The van der Waals surface area contributed by atoms with Crippen molar-refractivity contribution < 1.29 is 9.53 Å². The smallest absolute Gasteiger partial charge is 0.302 e. The average molecular weight is 210 g/mol. The summed E-state index contributed by atoms with van der Waals surface area (Å²) in [5.41, 5.74) is 0.758. The Morgan fingerprint density at radius 2 is 2.00 bits per heavy atom. The monoisotopic (exact) mass is 210 g/mol. The van der Waals surface area contributed by atoms with Gasteiger partial charge in [0.25, 0.3) is 0 Å². The van der Waals surface area contributed by atoms with E-state index in [-0.39, 0.29) is 12.1 Å². The van der Waals surface area contributed by atoms with Crippen molar-refractivity contribution >= 4 is 5.97 Å². The molecule has 0 aromatic carbocycles. The fourth-order valence-electron chi connectivity index (χ4n) is 3.85. The van der Waals surface area contributed by atoms with Crippen LogP contribution in [0, 0.1) is 16.7 Å². The molecule has 2 aliphatic carbocycles. The minimum atomic E-state index is -0.119. The highest BCUT2D eigenvalue weighted by atomic mass is 16.5. The maximum absolute atomic E-state index is 11.1. The van der Waals surface area contributed by atoms with E-state index in [1.807, 2.05) is 0 Å². The number of carbonyl (C=O) groups is 1. The zero-order valence-corrected chi connectivity index (χ0v) is 10.3. The van der Waals surface area contributed by atoms with Gasteiger partial charge in [0.15, 0.2) is 0 Å². The largest absolute Gasteiger partial charge is 0.462 e. The minimum absolute atomic E-state index is 0.119. The van der Waals surface area contributed by atoms with Crippen molar-refractivity contribution in [3.8, 4) is 0 Å². The summed E-state index contributed by atoms with van der Waals surface area (Å²) < 4.78 is 5.49. The van der Waals surface area contributed by atoms with Gasteiger partial charge in [0.2, 0.25) is 0 Å². The number of fused-ring (bicyclic) bond motifs is 1. The SMILES string of the molecule is CC(=O)OC1CC(C)(C)CC2(C)CCC12. The van der Waals surface area contributed by atoms with Crippen molar-refractivity contribution in [1.29, 1.82) is 0 Å². The molecule has 15 heavy (non-hydrogen) atoms. The fourth-order valence-corrected chi connectivity index (χ4v) is 3.85. The summed E-state index contributed by atoms with van der Waals surface area (Å²) in [4.78, 5) is 11.1. The number of carbonyl (C=O) groups excluding carboxylic acids is 1. The molecule has 0 amide bonds. The Kier molecular flexibility index (Phi) is 2.36. The maximum atomic E-state index is 11.1. The van der Waals surface area contributed by atoms with Gasteiger partial charge in [0.05, 0.1) is 0 Å². The molecule has 0 radical (unpaired) electrons. The lowest BCUT2D eigenvalue weighted by Gasteiger charge is -2.58. The van der Waals surface area contributed by atoms with Crippen LogP contribution < -0.4 is 0 Å². The summed E-state index contributed by atoms with van der Waals surface area (Å²) in [5, 5.41) is 0. The van der Waals surface area contributed by atoms with E-state index >= 15 is 0 Å². The Bertz CT molecular complexity index is 282. The number of esters is 1. The maximum Gasteiger partial charge on any atom is 0.302 e. The highest BCUT2D eigenvalue weighted by Crippen LogP contribution is 2.60. The molecule has 0 spiro atoms. The lowest BCUT2D eigenvalue weighted by Crippen LogP contribution is -2.53. The predicted molar refractivity (Wildman–Crippen MR) is 59.4 cm³/mol. The minimum Gasteiger partial charge on any atom is -0.462 e. The van der Waals surface area contributed by atoms with E-state index in [0.717, 1.165) is 6.42 Å². The van der Waals surface area contributed by atoms with Crippen LogP contribution in [0.5, 0.6) is 0 Å². The van der Waals surface area contributed by atoms with E-state index in [1.165, 1.54) is 26.2 Å². The molecule has 86 valence electrons. The molecule has 0 aromatic heterocycles. The zero-order valence-electron chi connectivity index (χ0n) is 10.3. The zero-order chi connectivity index (χ0) is 11.3. The Hall–Kier alpha value is -0.530. The van der Waals surface area contributed by atoms with Gasteiger partial charge in [0, 0.05) is 12.8 Å². The molecular weight excluding hydrogens is 188 g/mol. The Morgan fingerprint density at radius 1 is 1.33 bits per heavy atom. The molecule has 0 bridgehead atoms. The van der Waals surface area contributed by atoms with Crippen LogP contribution in [0.3, 0.4) is 0 Å². The second kappa shape index (κ2) is 3.23. The summed E-state index contributed by atoms with van der Waals surface area (Å²) in [6.07, 6.45) is 5.03. The topological polar surface area (TPSA) is 26.3 Å². The van der Waals surface area contributed by atoms with E-state index in [0.29, 0.717) is 16.7 Å². The molecule has 2 nitrogen and oxygen atoms in total. The average Bonchev–Trinajstić information content (AvgIpc) is 1.96. The first-order valence-electron chi connectivity index (χ1n) is 6.00. The first kappa shape index (κ1) is 11.0. The first-order valence-corrected chi connectivity index (χ1v) is 6.00. The van der Waals surface area contributed by atoms with Crippen molar-refractivity contribution in [2.45, 2.75) is 59.5 Å². The summed E-state index contributed by atoms with van der Waals surface area (Å²) >= 11 is 0. The second-order valence-electron chi connectivity index (χ2n) is 6.49. The van der Waals surface area contributed by atoms with Crippen molar-refractivity contribution in [3.05, 3.63) is 0 Å². The van der Waals surface area contributed by atoms with Crippen LogP contribution in [0.2, 0.25) is 0 Å². The Labute approximate surface area is 92.4 Å². The molecule has 2 aliphatic rings. The van der Waals surface area contributed by atoms with Crippen LogP contribution in [-0.4, -0.2) is 12.1 Å². The predicted octanol–water partition coefficient (Wildman–Crippen LogP) is 3.15. The molecule has 0 aromatic rings. The van der Waals surface area contributed by atoms with E-state index in [2.05, 4.69) is 20.8 Å². The van der Waals surface area contributed by atoms with Gasteiger partial charge in [-0.05, 0) is 36.5 Å². The normalized spacial score (nSPS) is 42.7. The van der Waals surface area contributed by atoms with Gasteiger partial charge in [-0.2, -0.15) is 0 Å². The van der Waals surface area contributed by atoms with E-state index in [1.54, 1.807) is 0 Å². The van der Waals surface area contributed by atoms with Crippen LogP contribution in [0.4, 0.5) is 0 Å². The molecule has 2 saturated carbocycles. The van der Waals surface area contributed by atoms with Crippen molar-refractivity contribution in [1.82, 2.24) is 0 Å². The summed E-state index contributed by atoms with van der Waals surface area (Å²) in [6, 6.07) is 0. The third-order valence-electron chi connectivity index (χ3n) is 4.32. The van der Waals surface area contributed by atoms with Crippen molar-refractivity contribution in [2.24, 2.45) is 16.7 Å². The molecule has 3 unspecified atom stereocenters. The van der Waals surface area contributed by atoms with Crippen LogP contribution in [0.25, 0.3) is 0 Å². The molecule has 0 aliphatic heterocycles. The molecule has 3 atom stereocenters. The van der Waals surface area contributed by atoms with Gasteiger partial charge < -0.3 is 4.74 Å². The number of rotatable bonds is 1. The highest BCUT2D eigenvalue weighted by Gasteiger charge is 2.54. The van der Waals surface area contributed by atoms with Crippen molar-refractivity contribution in [2.75, 3.05) is 0 Å². The Morgan fingerprint density at radius 3 is 2.47 bits per heavy atom. The molecule has 0 saturated heterocycles. The number of hydrogen-bond acceptors (Lipinski definition) is 2. The van der Waals surface area contributed by atoms with Crippen LogP contribution >= 0.6 is 0 Å². The van der Waals surface area contributed by atoms with Crippen LogP contribution in [-0.2, 0) is 9.53 Å². The van der Waals surface area contributed by atoms with Gasteiger partial charge >= 0.3 is 5.97 Å². The van der Waals surface area contributed by atoms with E-state index in [4.69, 9.17) is 4.74 Å². The van der Waals surface area contributed by atoms with Gasteiger partial charge in [-0.25, -0.2) is 0 Å². The highest BCUT2D eigenvalue weighted by molar-refractivity contribution is 5.66. The molecule has 2 rings (SSSR count). The van der Waals surface area contributed by atoms with Crippen molar-refractivity contribution in [3.63, 3.8) is 0 Å². The quantitative estimate of drug-likeness (QED) is 0.621. The third kappa shape index (κ3) is 1.91. The first-order chi connectivity index (χ1) is 6.82. The summed E-state index contributed by atoms with van der Waals surface area (Å²) in [6.45, 7) is 8.47. The Balaban J connectivity index is 2.13. The summed E-state index contributed by atoms with van der Waals surface area (Å²) in [5.74, 6) is 0.501. The molecule has 0 N–H and O–H groups in total. The van der Waals surface area contributed by atoms with Crippen LogP contribution in [0.1, 0.15) is 53.4 Å². The lowest BCUT2D eigenvalue weighted by atomic mass is 9.49. The van der Waals surface area contributed by atoms with E-state index < -0.39 is 0 Å². The fraction of sp³-hybridized carbons (Fsp3) is 0.923. The molecule has 2 fully saturated rings. The van der Waals surface area contributed by atoms with Gasteiger partial charge in [-0.3, -0.25) is 4.79 Å². The molecule has 0 heterocycles. The van der Waals surface area contributed by atoms with E-state index in [9.17, 15) is 4.79 Å². The number of ether oxygens (including phenoxy) is 1. The van der Waals surface area contributed by atoms with Crippen LogP contribution in [0.15, 0.2) is 0 Å².